The number of nitrogens with one attached hydrogen (secondary N) is 2. The van der Waals surface area contributed by atoms with E-state index in [4.69, 9.17) is 13.9 Å². The molecule has 2 aromatic rings. The van der Waals surface area contributed by atoms with Crippen LogP contribution in [-0.4, -0.2) is 44.3 Å². The molecule has 1 aliphatic heterocycles. The van der Waals surface area contributed by atoms with Crippen molar-refractivity contribution in [2.45, 2.75) is 57.9 Å². The lowest BCUT2D eigenvalue weighted by molar-refractivity contribution is -0.119. The molecule has 1 aromatic heterocycles. The average Bonchev–Trinajstić information content (AvgIpc) is 3.46. The molecule has 7 nitrogen and oxygen atoms in total. The van der Waals surface area contributed by atoms with E-state index in [1.807, 2.05) is 19.1 Å². The lowest BCUT2D eigenvalue weighted by Gasteiger charge is -2.30. The Morgan fingerprint density at radius 1 is 1.12 bits per heavy atom. The van der Waals surface area contributed by atoms with Crippen LogP contribution >= 0.6 is 0 Å². The Hall–Kier alpha value is -2.38. The molecule has 1 amide bonds. The summed E-state index contributed by atoms with van der Waals surface area (Å²) in [7, 11) is 0. The van der Waals surface area contributed by atoms with Crippen molar-refractivity contribution in [2.24, 2.45) is 11.8 Å². The Balaban J connectivity index is 1.36. The summed E-state index contributed by atoms with van der Waals surface area (Å²) < 4.78 is 16.1. The van der Waals surface area contributed by atoms with Crippen molar-refractivity contribution in [1.29, 1.82) is 0 Å². The second-order valence-corrected chi connectivity index (χ2v) is 8.82. The van der Waals surface area contributed by atoms with Crippen LogP contribution in [0.15, 0.2) is 28.7 Å². The molecular weight excluding hydrogens is 408 g/mol. The van der Waals surface area contributed by atoms with Crippen LogP contribution in [0.1, 0.15) is 62.4 Å². The molecule has 0 spiro atoms. The van der Waals surface area contributed by atoms with Gasteiger partial charge in [-0.2, -0.15) is 0 Å². The first-order valence-corrected chi connectivity index (χ1v) is 12.0. The Kier molecular flexibility index (Phi) is 7.81. The van der Waals surface area contributed by atoms with Gasteiger partial charge in [-0.3, -0.25) is 4.79 Å². The third-order valence-corrected chi connectivity index (χ3v) is 6.66. The van der Waals surface area contributed by atoms with Crippen molar-refractivity contribution in [1.82, 2.24) is 5.32 Å². The molecule has 2 heterocycles. The molecule has 2 atom stereocenters. The van der Waals surface area contributed by atoms with E-state index in [2.05, 4.69) is 10.6 Å². The van der Waals surface area contributed by atoms with Crippen LogP contribution in [0.25, 0.3) is 11.0 Å². The van der Waals surface area contributed by atoms with Crippen LogP contribution in [0.5, 0.6) is 0 Å². The number of anilines is 1. The number of hydrogen-bond acceptors (Lipinski definition) is 6. The van der Waals surface area contributed by atoms with Gasteiger partial charge in [0.05, 0.1) is 12.6 Å². The van der Waals surface area contributed by atoms with E-state index in [0.29, 0.717) is 42.7 Å². The number of rotatable bonds is 9. The highest BCUT2D eigenvalue weighted by Gasteiger charge is 2.38. The van der Waals surface area contributed by atoms with Gasteiger partial charge in [-0.15, -0.1) is 0 Å². The molecule has 7 heteroatoms. The maximum Gasteiger partial charge on any atom is 0.374 e. The van der Waals surface area contributed by atoms with E-state index < -0.39 is 5.97 Å². The summed E-state index contributed by atoms with van der Waals surface area (Å²) in [5, 5.41) is 7.23. The first-order valence-electron chi connectivity index (χ1n) is 12.0. The van der Waals surface area contributed by atoms with E-state index in [-0.39, 0.29) is 24.3 Å². The van der Waals surface area contributed by atoms with Gasteiger partial charge in [0.2, 0.25) is 11.7 Å². The minimum Gasteiger partial charge on any atom is -0.460 e. The number of benzene rings is 1. The van der Waals surface area contributed by atoms with E-state index in [1.54, 1.807) is 12.1 Å². The van der Waals surface area contributed by atoms with E-state index in [1.165, 1.54) is 32.1 Å². The zero-order chi connectivity index (χ0) is 22.3. The Morgan fingerprint density at radius 2 is 1.97 bits per heavy atom. The van der Waals surface area contributed by atoms with E-state index >= 15 is 0 Å². The molecule has 2 fully saturated rings. The van der Waals surface area contributed by atoms with Crippen molar-refractivity contribution < 1.29 is 23.5 Å². The van der Waals surface area contributed by atoms with Gasteiger partial charge in [0.15, 0.2) is 0 Å². The standard InChI is InChI=1S/C25H34N2O5/c1-2-30-13-6-14-31-25(29)22-16-18-15-19(9-10-21(18)32-22)27-24(28)23-20(11-12-26-23)17-7-4-3-5-8-17/h9-10,15-17,20,23,26H,2-8,11-14H2,1H3,(H,27,28)/t20-,23-/m0/s1. The number of furan rings is 1. The van der Waals surface area contributed by atoms with Crippen LogP contribution in [0.3, 0.4) is 0 Å². The topological polar surface area (TPSA) is 89.8 Å². The van der Waals surface area contributed by atoms with Gasteiger partial charge in [-0.05, 0) is 56.0 Å². The first kappa shape index (κ1) is 22.8. The Morgan fingerprint density at radius 3 is 2.78 bits per heavy atom. The molecule has 1 aliphatic carbocycles. The van der Waals surface area contributed by atoms with Crippen molar-refractivity contribution >= 4 is 28.5 Å². The molecular formula is C25H34N2O5. The van der Waals surface area contributed by atoms with Crippen LogP contribution in [-0.2, 0) is 14.3 Å². The number of carbonyl (C=O) groups is 2. The van der Waals surface area contributed by atoms with Crippen molar-refractivity contribution in [3.8, 4) is 0 Å². The van der Waals surface area contributed by atoms with Gasteiger partial charge in [0.25, 0.3) is 0 Å². The van der Waals surface area contributed by atoms with Crippen molar-refractivity contribution in [3.05, 3.63) is 30.0 Å². The number of carbonyl (C=O) groups excluding carboxylic acids is 2. The van der Waals surface area contributed by atoms with Gasteiger partial charge >= 0.3 is 5.97 Å². The van der Waals surface area contributed by atoms with Gasteiger partial charge in [-0.25, -0.2) is 4.79 Å². The minimum atomic E-state index is -0.492. The highest BCUT2D eigenvalue weighted by Crippen LogP contribution is 2.36. The number of amides is 1. The summed E-state index contributed by atoms with van der Waals surface area (Å²) in [6.07, 6.45) is 8.07. The summed E-state index contributed by atoms with van der Waals surface area (Å²) in [5.41, 5.74) is 1.29. The van der Waals surface area contributed by atoms with Crippen LogP contribution < -0.4 is 10.6 Å². The molecule has 32 heavy (non-hydrogen) atoms. The Labute approximate surface area is 189 Å². The SMILES string of the molecule is CCOCCCOC(=O)c1cc2cc(NC(=O)[C@H]3NCC[C@H]3C3CCCCC3)ccc2o1. The zero-order valence-corrected chi connectivity index (χ0v) is 18.9. The summed E-state index contributed by atoms with van der Waals surface area (Å²) in [4.78, 5) is 25.3. The molecule has 4 rings (SSSR count). The predicted molar refractivity (Wildman–Crippen MR) is 123 cm³/mol. The summed E-state index contributed by atoms with van der Waals surface area (Å²) in [6, 6.07) is 6.95. The highest BCUT2D eigenvalue weighted by atomic mass is 16.5. The van der Waals surface area contributed by atoms with Crippen LogP contribution in [0.2, 0.25) is 0 Å². The lowest BCUT2D eigenvalue weighted by Crippen LogP contribution is -2.42. The number of hydrogen-bond donors (Lipinski definition) is 2. The predicted octanol–water partition coefficient (Wildman–Crippen LogP) is 4.51. The smallest absolute Gasteiger partial charge is 0.374 e. The van der Waals surface area contributed by atoms with E-state index in [9.17, 15) is 9.59 Å². The molecule has 0 bridgehead atoms. The Bertz CT molecular complexity index is 918. The monoisotopic (exact) mass is 442 g/mol. The fourth-order valence-electron chi connectivity index (χ4n) is 5.06. The number of esters is 1. The lowest BCUT2D eigenvalue weighted by atomic mass is 9.76. The number of ether oxygens (including phenoxy) is 2. The van der Waals surface area contributed by atoms with E-state index in [0.717, 1.165) is 18.4 Å². The third kappa shape index (κ3) is 5.51. The minimum absolute atomic E-state index is 0.0230. The van der Waals surface area contributed by atoms with Gasteiger partial charge in [0.1, 0.15) is 5.58 Å². The molecule has 0 radical (unpaired) electrons. The van der Waals surface area contributed by atoms with Crippen LogP contribution in [0.4, 0.5) is 5.69 Å². The molecule has 1 aromatic carbocycles. The second-order valence-electron chi connectivity index (χ2n) is 8.82. The van der Waals surface area contributed by atoms with Crippen LogP contribution in [0, 0.1) is 11.8 Å². The molecule has 2 N–H and O–H groups in total. The maximum atomic E-state index is 13.0. The molecule has 1 saturated carbocycles. The third-order valence-electron chi connectivity index (χ3n) is 6.66. The quantitative estimate of drug-likeness (QED) is 0.439. The molecule has 0 unspecified atom stereocenters. The average molecular weight is 443 g/mol. The largest absolute Gasteiger partial charge is 0.460 e. The normalized spacial score (nSPS) is 21.7. The zero-order valence-electron chi connectivity index (χ0n) is 18.9. The molecule has 174 valence electrons. The maximum absolute atomic E-state index is 13.0. The van der Waals surface area contributed by atoms with Gasteiger partial charge in [0, 0.05) is 30.7 Å². The molecule has 1 saturated heterocycles. The van der Waals surface area contributed by atoms with Crippen molar-refractivity contribution in [3.63, 3.8) is 0 Å². The van der Waals surface area contributed by atoms with Gasteiger partial charge < -0.3 is 24.5 Å². The fraction of sp³-hybridized carbons (Fsp3) is 0.600. The fourth-order valence-corrected chi connectivity index (χ4v) is 5.06. The molecule has 2 aliphatic rings. The number of fused-ring (bicyclic) bond motifs is 1. The summed E-state index contributed by atoms with van der Waals surface area (Å²) in [6.45, 7) is 4.32. The second kappa shape index (κ2) is 11.0. The highest BCUT2D eigenvalue weighted by molar-refractivity contribution is 5.98. The summed E-state index contributed by atoms with van der Waals surface area (Å²) in [5.74, 6) is 0.753. The first-order chi connectivity index (χ1) is 15.7. The van der Waals surface area contributed by atoms with Gasteiger partial charge in [-0.1, -0.05) is 32.1 Å². The summed E-state index contributed by atoms with van der Waals surface area (Å²) >= 11 is 0. The van der Waals surface area contributed by atoms with Crippen molar-refractivity contribution in [2.75, 3.05) is 31.7 Å².